The van der Waals surface area contributed by atoms with Gasteiger partial charge in [-0.2, -0.15) is 0 Å². The van der Waals surface area contributed by atoms with Crippen molar-refractivity contribution < 1.29 is 9.18 Å². The number of anilines is 1. The third-order valence-corrected chi connectivity index (χ3v) is 3.95. The third-order valence-electron chi connectivity index (χ3n) is 3.72. The maximum Gasteiger partial charge on any atom is 0.319 e. The highest BCUT2D eigenvalue weighted by Crippen LogP contribution is 2.40. The molecule has 0 radical (unpaired) electrons. The minimum Gasteiger partial charge on any atom is -0.331 e. The van der Waals surface area contributed by atoms with Gasteiger partial charge >= 0.3 is 6.03 Å². The number of hydrogen-bond acceptors (Lipinski definition) is 1. The van der Waals surface area contributed by atoms with Gasteiger partial charge in [-0.3, -0.25) is 0 Å². The van der Waals surface area contributed by atoms with Crippen LogP contribution in [0.4, 0.5) is 14.9 Å². The number of carbonyl (C=O) groups excluding carboxylic acids is 1. The van der Waals surface area contributed by atoms with Gasteiger partial charge in [0.2, 0.25) is 0 Å². The van der Waals surface area contributed by atoms with E-state index in [0.29, 0.717) is 10.9 Å². The highest BCUT2D eigenvalue weighted by molar-refractivity contribution is 6.30. The van der Waals surface area contributed by atoms with Crippen molar-refractivity contribution in [2.75, 3.05) is 5.32 Å². The summed E-state index contributed by atoms with van der Waals surface area (Å²) in [6, 6.07) is 13.4. The number of urea groups is 1. The van der Waals surface area contributed by atoms with E-state index in [1.807, 2.05) is 30.3 Å². The number of halogens is 2. The van der Waals surface area contributed by atoms with Gasteiger partial charge in [0.15, 0.2) is 0 Å². The first kappa shape index (κ1) is 14.9. The van der Waals surface area contributed by atoms with Gasteiger partial charge in [-0.15, -0.1) is 0 Å². The maximum absolute atomic E-state index is 13.7. The van der Waals surface area contributed by atoms with E-state index in [9.17, 15) is 9.18 Å². The Morgan fingerprint density at radius 1 is 1.18 bits per heavy atom. The maximum atomic E-state index is 13.7. The number of rotatable bonds is 4. The van der Waals surface area contributed by atoms with Crippen LogP contribution in [0.3, 0.4) is 0 Å². The zero-order valence-corrected chi connectivity index (χ0v) is 12.6. The van der Waals surface area contributed by atoms with Crippen molar-refractivity contribution in [3.8, 4) is 0 Å². The SMILES string of the molecule is O=C(Nc1cc(Cl)ccc1F)NC(c1ccccc1)C1CC1. The van der Waals surface area contributed by atoms with E-state index in [2.05, 4.69) is 10.6 Å². The molecular weight excluding hydrogens is 303 g/mol. The van der Waals surface area contributed by atoms with Crippen molar-refractivity contribution in [2.24, 2.45) is 5.92 Å². The summed E-state index contributed by atoms with van der Waals surface area (Å²) in [7, 11) is 0. The normalized spacial score (nSPS) is 15.2. The fourth-order valence-electron chi connectivity index (χ4n) is 2.46. The lowest BCUT2D eigenvalue weighted by Crippen LogP contribution is -2.33. The standard InChI is InChI=1S/C17H16ClFN2O/c18-13-8-9-14(19)15(10-13)20-17(22)21-16(12-6-7-12)11-4-2-1-3-5-11/h1-5,8-10,12,16H,6-7H2,(H2,20,21,22). The Kier molecular flexibility index (Phi) is 4.29. The Bertz CT molecular complexity index is 674. The molecule has 2 aromatic carbocycles. The first-order chi connectivity index (χ1) is 10.6. The summed E-state index contributed by atoms with van der Waals surface area (Å²) in [6.07, 6.45) is 2.18. The second-order valence-electron chi connectivity index (χ2n) is 5.45. The Morgan fingerprint density at radius 3 is 2.59 bits per heavy atom. The van der Waals surface area contributed by atoms with Gasteiger partial charge in [-0.1, -0.05) is 41.9 Å². The molecule has 0 spiro atoms. The molecule has 2 amide bonds. The summed E-state index contributed by atoms with van der Waals surface area (Å²) in [6.45, 7) is 0. The van der Waals surface area contributed by atoms with E-state index in [1.165, 1.54) is 18.2 Å². The van der Waals surface area contributed by atoms with Crippen LogP contribution < -0.4 is 10.6 Å². The average Bonchev–Trinajstić information content (AvgIpc) is 3.34. The molecule has 1 unspecified atom stereocenters. The molecule has 0 aromatic heterocycles. The summed E-state index contributed by atoms with van der Waals surface area (Å²) in [4.78, 5) is 12.2. The molecule has 3 rings (SSSR count). The molecule has 22 heavy (non-hydrogen) atoms. The molecule has 5 heteroatoms. The molecule has 0 bridgehead atoms. The number of hydrogen-bond donors (Lipinski definition) is 2. The van der Waals surface area contributed by atoms with Crippen LogP contribution in [0.15, 0.2) is 48.5 Å². The predicted molar refractivity (Wildman–Crippen MR) is 85.5 cm³/mol. The smallest absolute Gasteiger partial charge is 0.319 e. The Morgan fingerprint density at radius 2 is 1.91 bits per heavy atom. The van der Waals surface area contributed by atoms with Crippen molar-refractivity contribution in [1.29, 1.82) is 0 Å². The number of benzene rings is 2. The van der Waals surface area contributed by atoms with Crippen LogP contribution in [0.2, 0.25) is 5.02 Å². The van der Waals surface area contributed by atoms with Crippen molar-refractivity contribution >= 4 is 23.3 Å². The summed E-state index contributed by atoms with van der Waals surface area (Å²) < 4.78 is 13.7. The van der Waals surface area contributed by atoms with Crippen molar-refractivity contribution in [3.63, 3.8) is 0 Å². The van der Waals surface area contributed by atoms with E-state index in [-0.39, 0.29) is 11.7 Å². The number of carbonyl (C=O) groups is 1. The van der Waals surface area contributed by atoms with Crippen molar-refractivity contribution in [1.82, 2.24) is 5.32 Å². The minimum absolute atomic E-state index is 0.0524. The van der Waals surface area contributed by atoms with Crippen LogP contribution in [-0.4, -0.2) is 6.03 Å². The molecule has 114 valence electrons. The Hall–Kier alpha value is -2.07. The second-order valence-corrected chi connectivity index (χ2v) is 5.88. The van der Waals surface area contributed by atoms with Gasteiger partial charge < -0.3 is 10.6 Å². The first-order valence-corrected chi connectivity index (χ1v) is 7.59. The van der Waals surface area contributed by atoms with Gasteiger partial charge in [0, 0.05) is 5.02 Å². The van der Waals surface area contributed by atoms with Crippen molar-refractivity contribution in [3.05, 3.63) is 64.9 Å². The molecule has 2 N–H and O–H groups in total. The lowest BCUT2D eigenvalue weighted by molar-refractivity contribution is 0.247. The molecule has 0 saturated heterocycles. The highest BCUT2D eigenvalue weighted by atomic mass is 35.5. The van der Waals surface area contributed by atoms with Crippen LogP contribution in [0.1, 0.15) is 24.4 Å². The topological polar surface area (TPSA) is 41.1 Å². The molecule has 1 saturated carbocycles. The van der Waals surface area contributed by atoms with Gasteiger partial charge in [-0.05, 0) is 42.5 Å². The molecular formula is C17H16ClFN2O. The molecule has 0 heterocycles. The molecule has 1 aliphatic carbocycles. The lowest BCUT2D eigenvalue weighted by atomic mass is 10.0. The molecule has 2 aromatic rings. The molecule has 1 atom stereocenters. The molecule has 3 nitrogen and oxygen atoms in total. The van der Waals surface area contributed by atoms with Crippen LogP contribution in [0.25, 0.3) is 0 Å². The van der Waals surface area contributed by atoms with E-state index in [1.54, 1.807) is 0 Å². The zero-order valence-electron chi connectivity index (χ0n) is 11.9. The van der Waals surface area contributed by atoms with Crippen LogP contribution in [0.5, 0.6) is 0 Å². The van der Waals surface area contributed by atoms with Gasteiger partial charge in [0.25, 0.3) is 0 Å². The number of amides is 2. The van der Waals surface area contributed by atoms with Crippen LogP contribution in [0, 0.1) is 11.7 Å². The summed E-state index contributed by atoms with van der Waals surface area (Å²) in [5.41, 5.74) is 1.14. The monoisotopic (exact) mass is 318 g/mol. The molecule has 1 aliphatic rings. The predicted octanol–water partition coefficient (Wildman–Crippen LogP) is 4.75. The number of nitrogens with one attached hydrogen (secondary N) is 2. The van der Waals surface area contributed by atoms with Gasteiger partial charge in [-0.25, -0.2) is 9.18 Å². The van der Waals surface area contributed by atoms with E-state index >= 15 is 0 Å². The fraction of sp³-hybridized carbons (Fsp3) is 0.235. The van der Waals surface area contributed by atoms with E-state index < -0.39 is 11.8 Å². The minimum atomic E-state index is -0.512. The average molecular weight is 319 g/mol. The van der Waals surface area contributed by atoms with E-state index in [4.69, 9.17) is 11.6 Å². The van der Waals surface area contributed by atoms with Gasteiger partial charge in [0.05, 0.1) is 11.7 Å². The van der Waals surface area contributed by atoms with Crippen LogP contribution in [-0.2, 0) is 0 Å². The lowest BCUT2D eigenvalue weighted by Gasteiger charge is -2.19. The first-order valence-electron chi connectivity index (χ1n) is 7.21. The second kappa shape index (κ2) is 6.36. The summed E-state index contributed by atoms with van der Waals surface area (Å²) >= 11 is 5.82. The molecule has 0 aliphatic heterocycles. The highest BCUT2D eigenvalue weighted by Gasteiger charge is 2.33. The van der Waals surface area contributed by atoms with Gasteiger partial charge in [0.1, 0.15) is 5.82 Å². The van der Waals surface area contributed by atoms with Crippen molar-refractivity contribution in [2.45, 2.75) is 18.9 Å². The third kappa shape index (κ3) is 3.57. The molecule has 1 fully saturated rings. The van der Waals surface area contributed by atoms with E-state index in [0.717, 1.165) is 18.4 Å². The van der Waals surface area contributed by atoms with Crippen LogP contribution >= 0.6 is 11.6 Å². The fourth-order valence-corrected chi connectivity index (χ4v) is 2.63. The zero-order chi connectivity index (χ0) is 15.5. The Balaban J connectivity index is 1.71. The summed E-state index contributed by atoms with van der Waals surface area (Å²) in [5.74, 6) is -0.0698. The quantitative estimate of drug-likeness (QED) is 0.839. The summed E-state index contributed by atoms with van der Waals surface area (Å²) in [5, 5.41) is 5.83. The largest absolute Gasteiger partial charge is 0.331 e. The Labute approximate surface area is 133 Å².